The first-order valence-corrected chi connectivity index (χ1v) is 7.39. The molecule has 2 aromatic carbocycles. The predicted molar refractivity (Wildman–Crippen MR) is 100 cm³/mol. The number of halogens is 2. The van der Waals surface area contributed by atoms with Crippen LogP contribution in [-0.2, 0) is 0 Å². The molecule has 0 spiro atoms. The summed E-state index contributed by atoms with van der Waals surface area (Å²) in [5, 5.41) is 13.7. The van der Waals surface area contributed by atoms with Gasteiger partial charge in [0.25, 0.3) is 5.91 Å². The maximum atomic E-state index is 11.6. The quantitative estimate of drug-likeness (QED) is 0.597. The molecular formula is C17H15Cl2N3O3. The fraction of sp³-hybridized carbons (Fsp3) is 0.0588. The number of carbonyl (C=O) groups is 1. The number of fused-ring (bicyclic) bond motifs is 1. The summed E-state index contributed by atoms with van der Waals surface area (Å²) in [5.41, 5.74) is 7.62. The number of methoxy groups -OCH3 is 1. The summed E-state index contributed by atoms with van der Waals surface area (Å²) in [5.74, 6) is -0.153. The largest absolute Gasteiger partial charge is 0.508 e. The number of aromatic nitrogens is 1. The molecule has 0 aliphatic rings. The van der Waals surface area contributed by atoms with E-state index in [2.05, 4.69) is 10.3 Å². The second-order valence-electron chi connectivity index (χ2n) is 5.08. The zero-order valence-corrected chi connectivity index (χ0v) is 14.7. The maximum Gasteiger partial charge on any atom is 0.252 e. The maximum absolute atomic E-state index is 11.6. The summed E-state index contributed by atoms with van der Waals surface area (Å²) in [6.07, 6.45) is 1.63. The standard InChI is InChI=1S/C17H14ClN3O3.ClH/c1-24-16-8-15-10(7-11(16)17(19)23)13(4-5-20-15)21-14-3-2-9(22)6-12(14)18;/h2-8,22H,1H3,(H2,19,23)(H,20,21);1H. The van der Waals surface area contributed by atoms with Gasteiger partial charge in [-0.3, -0.25) is 9.78 Å². The Morgan fingerprint density at radius 1 is 1.24 bits per heavy atom. The second kappa shape index (κ2) is 7.46. The summed E-state index contributed by atoms with van der Waals surface area (Å²) in [6.45, 7) is 0. The number of ether oxygens (including phenoxy) is 1. The van der Waals surface area contributed by atoms with Crippen molar-refractivity contribution in [2.24, 2.45) is 5.73 Å². The van der Waals surface area contributed by atoms with Crippen molar-refractivity contribution in [3.8, 4) is 11.5 Å². The van der Waals surface area contributed by atoms with Crippen molar-refractivity contribution in [3.63, 3.8) is 0 Å². The Bertz CT molecular complexity index is 948. The molecule has 4 N–H and O–H groups in total. The first kappa shape index (κ1) is 18.6. The average Bonchev–Trinajstić information content (AvgIpc) is 2.56. The monoisotopic (exact) mass is 379 g/mol. The van der Waals surface area contributed by atoms with E-state index in [1.807, 2.05) is 0 Å². The number of carbonyl (C=O) groups excluding carboxylic acids is 1. The van der Waals surface area contributed by atoms with Gasteiger partial charge in [0.15, 0.2) is 0 Å². The zero-order chi connectivity index (χ0) is 17.3. The molecule has 1 amide bonds. The third-order valence-electron chi connectivity index (χ3n) is 3.55. The summed E-state index contributed by atoms with van der Waals surface area (Å²) in [4.78, 5) is 15.9. The van der Waals surface area contributed by atoms with Gasteiger partial charge in [-0.2, -0.15) is 0 Å². The summed E-state index contributed by atoms with van der Waals surface area (Å²) >= 11 is 6.13. The Labute approximate surface area is 155 Å². The lowest BCUT2D eigenvalue weighted by molar-refractivity contribution is 0.0997. The molecule has 1 aromatic heterocycles. The lowest BCUT2D eigenvalue weighted by Gasteiger charge is -2.13. The van der Waals surface area contributed by atoms with Gasteiger partial charge in [0.2, 0.25) is 0 Å². The first-order chi connectivity index (χ1) is 11.5. The van der Waals surface area contributed by atoms with Crippen molar-refractivity contribution in [2.45, 2.75) is 0 Å². The molecule has 0 saturated carbocycles. The molecule has 0 saturated heterocycles. The van der Waals surface area contributed by atoms with Gasteiger partial charge in [-0.1, -0.05) is 11.6 Å². The smallest absolute Gasteiger partial charge is 0.252 e. The summed E-state index contributed by atoms with van der Waals surface area (Å²) in [7, 11) is 1.46. The lowest BCUT2D eigenvalue weighted by atomic mass is 10.1. The number of pyridine rings is 1. The molecule has 25 heavy (non-hydrogen) atoms. The van der Waals surface area contributed by atoms with Gasteiger partial charge >= 0.3 is 0 Å². The highest BCUT2D eigenvalue weighted by atomic mass is 35.5. The lowest BCUT2D eigenvalue weighted by Crippen LogP contribution is -2.12. The van der Waals surface area contributed by atoms with Gasteiger partial charge in [0.05, 0.1) is 28.9 Å². The van der Waals surface area contributed by atoms with Crippen LogP contribution >= 0.6 is 24.0 Å². The van der Waals surface area contributed by atoms with Crippen LogP contribution in [0.1, 0.15) is 10.4 Å². The van der Waals surface area contributed by atoms with E-state index in [1.165, 1.54) is 19.2 Å². The van der Waals surface area contributed by atoms with Crippen molar-refractivity contribution in [1.29, 1.82) is 0 Å². The van der Waals surface area contributed by atoms with Gasteiger partial charge in [0.1, 0.15) is 11.5 Å². The first-order valence-electron chi connectivity index (χ1n) is 7.01. The number of aromatic hydroxyl groups is 1. The van der Waals surface area contributed by atoms with Gasteiger partial charge in [-0.15, -0.1) is 12.4 Å². The van der Waals surface area contributed by atoms with Crippen molar-refractivity contribution in [3.05, 3.63) is 53.2 Å². The number of hydrogen-bond donors (Lipinski definition) is 3. The highest BCUT2D eigenvalue weighted by molar-refractivity contribution is 6.33. The number of nitrogens with one attached hydrogen (secondary N) is 1. The Morgan fingerprint density at radius 2 is 2.00 bits per heavy atom. The van der Waals surface area contributed by atoms with E-state index in [0.29, 0.717) is 33.0 Å². The minimum Gasteiger partial charge on any atom is -0.508 e. The fourth-order valence-corrected chi connectivity index (χ4v) is 2.62. The molecular weight excluding hydrogens is 365 g/mol. The number of rotatable bonds is 4. The number of nitrogens with zero attached hydrogens (tertiary/aromatic N) is 1. The van der Waals surface area contributed by atoms with E-state index in [-0.39, 0.29) is 23.7 Å². The number of benzene rings is 2. The molecule has 0 aliphatic carbocycles. The van der Waals surface area contributed by atoms with Crippen molar-refractivity contribution < 1.29 is 14.6 Å². The van der Waals surface area contributed by atoms with Crippen LogP contribution in [0.5, 0.6) is 11.5 Å². The summed E-state index contributed by atoms with van der Waals surface area (Å²) < 4.78 is 5.20. The number of hydrogen-bond acceptors (Lipinski definition) is 5. The zero-order valence-electron chi connectivity index (χ0n) is 13.1. The Balaban J connectivity index is 0.00000225. The van der Waals surface area contributed by atoms with E-state index in [4.69, 9.17) is 22.1 Å². The molecule has 8 heteroatoms. The van der Waals surface area contributed by atoms with E-state index < -0.39 is 5.91 Å². The number of nitrogens with two attached hydrogens (primary N) is 1. The molecule has 3 aromatic rings. The normalized spacial score (nSPS) is 10.2. The van der Waals surface area contributed by atoms with Gasteiger partial charge < -0.3 is 20.9 Å². The van der Waals surface area contributed by atoms with Crippen LogP contribution in [0.4, 0.5) is 11.4 Å². The van der Waals surface area contributed by atoms with Crippen LogP contribution in [-0.4, -0.2) is 23.1 Å². The molecule has 0 atom stereocenters. The molecule has 0 aliphatic heterocycles. The number of phenols is 1. The van der Waals surface area contributed by atoms with Gasteiger partial charge in [-0.05, 0) is 24.3 Å². The molecule has 0 unspecified atom stereocenters. The molecule has 6 nitrogen and oxygen atoms in total. The van der Waals surface area contributed by atoms with E-state index in [0.717, 1.165) is 0 Å². The third-order valence-corrected chi connectivity index (χ3v) is 3.86. The van der Waals surface area contributed by atoms with Gasteiger partial charge in [-0.25, -0.2) is 0 Å². The van der Waals surface area contributed by atoms with Crippen LogP contribution in [0, 0.1) is 0 Å². The summed E-state index contributed by atoms with van der Waals surface area (Å²) in [6, 6.07) is 9.64. The Hall–Kier alpha value is -2.70. The van der Waals surface area contributed by atoms with Crippen LogP contribution in [0.2, 0.25) is 5.02 Å². The van der Waals surface area contributed by atoms with E-state index in [9.17, 15) is 9.90 Å². The van der Waals surface area contributed by atoms with Crippen molar-refractivity contribution >= 4 is 52.2 Å². The number of amides is 1. The van der Waals surface area contributed by atoms with Crippen LogP contribution in [0.3, 0.4) is 0 Å². The number of phenolic OH excluding ortho intramolecular Hbond substituents is 1. The second-order valence-corrected chi connectivity index (χ2v) is 5.49. The molecule has 0 bridgehead atoms. The highest BCUT2D eigenvalue weighted by Crippen LogP contribution is 2.33. The minimum absolute atomic E-state index is 0. The molecule has 0 fully saturated rings. The van der Waals surface area contributed by atoms with Crippen molar-refractivity contribution in [1.82, 2.24) is 4.98 Å². The van der Waals surface area contributed by atoms with Crippen molar-refractivity contribution in [2.75, 3.05) is 12.4 Å². The molecule has 1 heterocycles. The van der Waals surface area contributed by atoms with Gasteiger partial charge in [0, 0.05) is 29.4 Å². The van der Waals surface area contributed by atoms with Crippen LogP contribution < -0.4 is 15.8 Å². The molecule has 3 rings (SSSR count). The average molecular weight is 380 g/mol. The number of anilines is 2. The van der Waals surface area contributed by atoms with Crippen LogP contribution in [0.15, 0.2) is 42.6 Å². The minimum atomic E-state index is -0.591. The topological polar surface area (TPSA) is 97.5 Å². The van der Waals surface area contributed by atoms with E-state index >= 15 is 0 Å². The third kappa shape index (κ3) is 3.70. The van der Waals surface area contributed by atoms with E-state index in [1.54, 1.807) is 30.5 Å². The molecule has 0 radical (unpaired) electrons. The predicted octanol–water partition coefficient (Wildman–Crippen LogP) is 3.87. The SMILES string of the molecule is COc1cc2nccc(Nc3ccc(O)cc3Cl)c2cc1C(N)=O.Cl. The van der Waals surface area contributed by atoms with Crippen LogP contribution in [0.25, 0.3) is 10.9 Å². The fourth-order valence-electron chi connectivity index (χ4n) is 2.39. The highest BCUT2D eigenvalue weighted by Gasteiger charge is 2.14. The Morgan fingerprint density at radius 3 is 2.64 bits per heavy atom. The molecule has 130 valence electrons. The number of primary amides is 1. The Kier molecular flexibility index (Phi) is 5.56.